The molecule has 0 bridgehead atoms. The fraction of sp³-hybridized carbons (Fsp3) is 1.00. The number of rotatable bonds is 9. The Labute approximate surface area is 120 Å². The Morgan fingerprint density at radius 3 is 2.58 bits per heavy atom. The first kappa shape index (κ1) is 15.3. The highest BCUT2D eigenvalue weighted by atomic mass is 15.2. The van der Waals surface area contributed by atoms with Gasteiger partial charge in [0.2, 0.25) is 0 Å². The van der Waals surface area contributed by atoms with Crippen LogP contribution >= 0.6 is 0 Å². The number of nitrogens with zero attached hydrogens (tertiary/aromatic N) is 1. The maximum Gasteiger partial charge on any atom is 0.0111 e. The minimum absolute atomic E-state index is 0.819. The molecule has 0 aromatic heterocycles. The van der Waals surface area contributed by atoms with Gasteiger partial charge in [-0.1, -0.05) is 45.4 Å². The number of nitrogens with one attached hydrogen (secondary N) is 1. The van der Waals surface area contributed by atoms with E-state index in [1.165, 1.54) is 90.3 Å². The van der Waals surface area contributed by atoms with E-state index >= 15 is 0 Å². The Balaban J connectivity index is 1.43. The van der Waals surface area contributed by atoms with Gasteiger partial charge in [0.15, 0.2) is 0 Å². The van der Waals surface area contributed by atoms with E-state index in [0.717, 1.165) is 12.1 Å². The van der Waals surface area contributed by atoms with Crippen LogP contribution < -0.4 is 5.32 Å². The Kier molecular flexibility index (Phi) is 7.23. The first-order valence-corrected chi connectivity index (χ1v) is 8.87. The molecule has 0 aliphatic carbocycles. The maximum atomic E-state index is 3.81. The van der Waals surface area contributed by atoms with Crippen molar-refractivity contribution in [3.8, 4) is 0 Å². The summed E-state index contributed by atoms with van der Waals surface area (Å²) in [6.45, 7) is 6.26. The normalized spacial score (nSPS) is 27.6. The molecule has 2 unspecified atom stereocenters. The monoisotopic (exact) mass is 266 g/mol. The van der Waals surface area contributed by atoms with Crippen molar-refractivity contribution in [1.29, 1.82) is 0 Å². The number of hydrogen-bond acceptors (Lipinski definition) is 2. The molecule has 112 valence electrons. The molecule has 0 spiro atoms. The summed E-state index contributed by atoms with van der Waals surface area (Å²) in [6.07, 6.45) is 15.6. The fourth-order valence-electron chi connectivity index (χ4n) is 3.80. The van der Waals surface area contributed by atoms with Crippen LogP contribution in [0.3, 0.4) is 0 Å². The van der Waals surface area contributed by atoms with Crippen LogP contribution in [0.15, 0.2) is 0 Å². The molecule has 2 saturated heterocycles. The average Bonchev–Trinajstić information content (AvgIpc) is 2.89. The summed E-state index contributed by atoms with van der Waals surface area (Å²) in [5, 5.41) is 3.81. The molecule has 2 heteroatoms. The first-order valence-electron chi connectivity index (χ1n) is 8.87. The Bertz CT molecular complexity index is 229. The molecule has 0 radical (unpaired) electrons. The lowest BCUT2D eigenvalue weighted by Crippen LogP contribution is -2.45. The van der Waals surface area contributed by atoms with Crippen LogP contribution in [0, 0.1) is 0 Å². The Hall–Kier alpha value is -0.0800. The second-order valence-electron chi connectivity index (χ2n) is 6.63. The maximum absolute atomic E-state index is 3.81. The molecular formula is C17H34N2. The summed E-state index contributed by atoms with van der Waals surface area (Å²) >= 11 is 0. The highest BCUT2D eigenvalue weighted by Crippen LogP contribution is 2.26. The van der Waals surface area contributed by atoms with E-state index in [0.29, 0.717) is 0 Å². The minimum Gasteiger partial charge on any atom is -0.314 e. The second-order valence-corrected chi connectivity index (χ2v) is 6.63. The lowest BCUT2D eigenvalue weighted by atomic mass is 9.97. The van der Waals surface area contributed by atoms with E-state index in [1.54, 1.807) is 0 Å². The summed E-state index contributed by atoms with van der Waals surface area (Å²) < 4.78 is 0. The Morgan fingerprint density at radius 1 is 0.947 bits per heavy atom. The van der Waals surface area contributed by atoms with Crippen molar-refractivity contribution in [2.75, 3.05) is 19.6 Å². The van der Waals surface area contributed by atoms with E-state index in [1.807, 2.05) is 0 Å². The molecule has 2 aliphatic rings. The second kappa shape index (κ2) is 8.97. The van der Waals surface area contributed by atoms with Gasteiger partial charge in [-0.3, -0.25) is 0 Å². The largest absolute Gasteiger partial charge is 0.314 e. The van der Waals surface area contributed by atoms with Gasteiger partial charge < -0.3 is 10.2 Å². The molecule has 2 atom stereocenters. The SMILES string of the molecule is CCCCCCCCCNC1CCN2CCCC2C1. The van der Waals surface area contributed by atoms with Gasteiger partial charge in [0.1, 0.15) is 0 Å². The van der Waals surface area contributed by atoms with Gasteiger partial charge in [-0.2, -0.15) is 0 Å². The van der Waals surface area contributed by atoms with Gasteiger partial charge in [0, 0.05) is 12.1 Å². The standard InChI is InChI=1S/C17H34N2/c1-2-3-4-5-6-7-8-12-18-16-11-14-19-13-9-10-17(19)15-16/h16-18H,2-15H2,1H3. The van der Waals surface area contributed by atoms with Crippen molar-refractivity contribution in [2.24, 2.45) is 0 Å². The Morgan fingerprint density at radius 2 is 1.74 bits per heavy atom. The molecule has 0 saturated carbocycles. The lowest BCUT2D eigenvalue weighted by Gasteiger charge is -2.35. The van der Waals surface area contributed by atoms with Crippen LogP contribution in [-0.4, -0.2) is 36.6 Å². The zero-order chi connectivity index (χ0) is 13.3. The summed E-state index contributed by atoms with van der Waals surface area (Å²) in [4.78, 5) is 2.71. The molecule has 2 heterocycles. The van der Waals surface area contributed by atoms with Crippen molar-refractivity contribution >= 4 is 0 Å². The molecule has 0 aromatic carbocycles. The zero-order valence-electron chi connectivity index (χ0n) is 13.0. The van der Waals surface area contributed by atoms with Crippen molar-refractivity contribution in [3.63, 3.8) is 0 Å². The van der Waals surface area contributed by atoms with E-state index in [4.69, 9.17) is 0 Å². The number of fused-ring (bicyclic) bond motifs is 1. The van der Waals surface area contributed by atoms with E-state index in [2.05, 4.69) is 17.1 Å². The predicted octanol–water partition coefficient (Wildman–Crippen LogP) is 3.95. The number of hydrogen-bond donors (Lipinski definition) is 1. The van der Waals surface area contributed by atoms with Crippen molar-refractivity contribution in [3.05, 3.63) is 0 Å². The van der Waals surface area contributed by atoms with E-state index in [9.17, 15) is 0 Å². The van der Waals surface area contributed by atoms with Gasteiger partial charge in [-0.25, -0.2) is 0 Å². The number of unbranched alkanes of at least 4 members (excludes halogenated alkanes) is 6. The summed E-state index contributed by atoms with van der Waals surface area (Å²) in [5.41, 5.74) is 0. The van der Waals surface area contributed by atoms with Crippen molar-refractivity contribution in [2.45, 2.75) is 89.6 Å². The molecule has 0 aromatic rings. The zero-order valence-corrected chi connectivity index (χ0v) is 13.0. The first-order chi connectivity index (χ1) is 9.40. The molecule has 2 aliphatic heterocycles. The van der Waals surface area contributed by atoms with Crippen LogP contribution in [0.25, 0.3) is 0 Å². The summed E-state index contributed by atoms with van der Waals surface area (Å²) in [5.74, 6) is 0. The van der Waals surface area contributed by atoms with Gasteiger partial charge in [-0.15, -0.1) is 0 Å². The molecular weight excluding hydrogens is 232 g/mol. The van der Waals surface area contributed by atoms with E-state index < -0.39 is 0 Å². The van der Waals surface area contributed by atoms with Crippen LogP contribution in [0.2, 0.25) is 0 Å². The molecule has 2 nitrogen and oxygen atoms in total. The van der Waals surface area contributed by atoms with Crippen LogP contribution in [0.4, 0.5) is 0 Å². The summed E-state index contributed by atoms with van der Waals surface area (Å²) in [7, 11) is 0. The molecule has 2 rings (SSSR count). The van der Waals surface area contributed by atoms with Gasteiger partial charge >= 0.3 is 0 Å². The third-order valence-corrected chi connectivity index (χ3v) is 5.03. The molecule has 0 amide bonds. The number of piperidine rings is 1. The van der Waals surface area contributed by atoms with Gasteiger partial charge in [0.05, 0.1) is 0 Å². The summed E-state index contributed by atoms with van der Waals surface area (Å²) in [6, 6.07) is 1.74. The van der Waals surface area contributed by atoms with Crippen LogP contribution in [-0.2, 0) is 0 Å². The van der Waals surface area contributed by atoms with Crippen molar-refractivity contribution < 1.29 is 0 Å². The smallest absolute Gasteiger partial charge is 0.0111 e. The van der Waals surface area contributed by atoms with Gasteiger partial charge in [-0.05, 0) is 51.7 Å². The van der Waals surface area contributed by atoms with Gasteiger partial charge in [0.25, 0.3) is 0 Å². The van der Waals surface area contributed by atoms with Crippen LogP contribution in [0.5, 0.6) is 0 Å². The third-order valence-electron chi connectivity index (χ3n) is 5.03. The topological polar surface area (TPSA) is 15.3 Å². The predicted molar refractivity (Wildman–Crippen MR) is 83.6 cm³/mol. The molecule has 2 fully saturated rings. The van der Waals surface area contributed by atoms with Crippen LogP contribution in [0.1, 0.15) is 77.6 Å². The van der Waals surface area contributed by atoms with E-state index in [-0.39, 0.29) is 0 Å². The third kappa shape index (κ3) is 5.43. The molecule has 19 heavy (non-hydrogen) atoms. The fourth-order valence-corrected chi connectivity index (χ4v) is 3.80. The molecule has 1 N–H and O–H groups in total. The highest BCUT2D eigenvalue weighted by molar-refractivity contribution is 4.89. The average molecular weight is 266 g/mol. The lowest BCUT2D eigenvalue weighted by molar-refractivity contribution is 0.167. The minimum atomic E-state index is 0.819. The van der Waals surface area contributed by atoms with Crippen molar-refractivity contribution in [1.82, 2.24) is 10.2 Å². The highest BCUT2D eigenvalue weighted by Gasteiger charge is 2.31. The quantitative estimate of drug-likeness (QED) is 0.636.